The van der Waals surface area contributed by atoms with E-state index in [-0.39, 0.29) is 24.0 Å². The molecule has 0 amide bonds. The molecule has 0 radical (unpaired) electrons. The highest BCUT2D eigenvalue weighted by atomic mass is 127. The molecule has 1 saturated heterocycles. The van der Waals surface area contributed by atoms with Crippen LogP contribution in [0.2, 0.25) is 0 Å². The van der Waals surface area contributed by atoms with Gasteiger partial charge in [-0.25, -0.2) is 0 Å². The van der Waals surface area contributed by atoms with E-state index in [0.717, 1.165) is 49.3 Å². The van der Waals surface area contributed by atoms with E-state index in [2.05, 4.69) is 44.8 Å². The first-order chi connectivity index (χ1) is 14.2. The van der Waals surface area contributed by atoms with Gasteiger partial charge in [0.05, 0.1) is 27.4 Å². The van der Waals surface area contributed by atoms with Crippen molar-refractivity contribution in [1.82, 2.24) is 10.6 Å². The summed E-state index contributed by atoms with van der Waals surface area (Å²) >= 11 is 0. The molecular weight excluding hydrogens is 495 g/mol. The zero-order valence-corrected chi connectivity index (χ0v) is 20.1. The molecule has 0 unspecified atom stereocenters. The molecule has 0 saturated carbocycles. The molecule has 2 aromatic rings. The van der Waals surface area contributed by atoms with Crippen LogP contribution in [0, 0.1) is 0 Å². The molecule has 1 aliphatic rings. The summed E-state index contributed by atoms with van der Waals surface area (Å²) in [5.74, 6) is 2.29. The largest absolute Gasteiger partial charge is 0.497 e. The lowest BCUT2D eigenvalue weighted by Crippen LogP contribution is -2.36. The van der Waals surface area contributed by atoms with Crippen molar-refractivity contribution in [3.63, 3.8) is 0 Å². The summed E-state index contributed by atoms with van der Waals surface area (Å²) in [6, 6.07) is 14.4. The predicted octanol–water partition coefficient (Wildman–Crippen LogP) is 3.02. The average Bonchev–Trinajstić information content (AvgIpc) is 2.80. The van der Waals surface area contributed by atoms with Gasteiger partial charge in [-0.2, -0.15) is 0 Å². The zero-order valence-electron chi connectivity index (χ0n) is 17.8. The second-order valence-electron chi connectivity index (χ2n) is 6.72. The number of hydrogen-bond donors (Lipinski definition) is 2. The number of benzene rings is 2. The third-order valence-corrected chi connectivity index (χ3v) is 4.94. The monoisotopic (exact) mass is 526 g/mol. The Labute approximate surface area is 195 Å². The molecule has 0 aliphatic carbocycles. The van der Waals surface area contributed by atoms with E-state index in [4.69, 9.17) is 14.2 Å². The first-order valence-electron chi connectivity index (χ1n) is 9.80. The molecule has 2 N–H and O–H groups in total. The third kappa shape index (κ3) is 6.66. The minimum atomic E-state index is 0. The molecule has 2 aromatic carbocycles. The van der Waals surface area contributed by atoms with Crippen molar-refractivity contribution in [2.24, 2.45) is 4.99 Å². The minimum absolute atomic E-state index is 0. The van der Waals surface area contributed by atoms with Gasteiger partial charge < -0.3 is 29.7 Å². The normalized spacial score (nSPS) is 14.0. The molecule has 0 atom stereocenters. The van der Waals surface area contributed by atoms with E-state index >= 15 is 0 Å². The smallest absolute Gasteiger partial charge is 0.191 e. The van der Waals surface area contributed by atoms with Gasteiger partial charge in [-0.3, -0.25) is 4.99 Å². The summed E-state index contributed by atoms with van der Waals surface area (Å²) in [5.41, 5.74) is 3.48. The first-order valence-corrected chi connectivity index (χ1v) is 9.80. The summed E-state index contributed by atoms with van der Waals surface area (Å²) in [4.78, 5) is 6.66. The number of nitrogens with one attached hydrogen (secondary N) is 2. The SMILES string of the molecule is CN=C(NCc1ccc(N2CCOCC2)cc1)NCc1ccc(OC)cc1OC.I. The van der Waals surface area contributed by atoms with Crippen LogP contribution in [0.5, 0.6) is 11.5 Å². The number of rotatable bonds is 7. The van der Waals surface area contributed by atoms with Crippen LogP contribution in [-0.4, -0.2) is 53.5 Å². The summed E-state index contributed by atoms with van der Waals surface area (Å²) < 4.78 is 16.1. The molecular formula is C22H31IN4O3. The van der Waals surface area contributed by atoms with Crippen LogP contribution in [0.15, 0.2) is 47.5 Å². The van der Waals surface area contributed by atoms with Crippen molar-refractivity contribution >= 4 is 35.6 Å². The number of guanidine groups is 1. The van der Waals surface area contributed by atoms with Crippen LogP contribution in [0.4, 0.5) is 5.69 Å². The molecule has 1 fully saturated rings. The van der Waals surface area contributed by atoms with E-state index < -0.39 is 0 Å². The number of hydrogen-bond acceptors (Lipinski definition) is 5. The van der Waals surface area contributed by atoms with Crippen LogP contribution in [0.25, 0.3) is 0 Å². The average molecular weight is 526 g/mol. The Hall–Kier alpha value is -2.20. The van der Waals surface area contributed by atoms with E-state index in [0.29, 0.717) is 13.1 Å². The number of nitrogens with zero attached hydrogens (tertiary/aromatic N) is 2. The quantitative estimate of drug-likeness (QED) is 0.329. The second kappa shape index (κ2) is 12.5. The molecule has 164 valence electrons. The van der Waals surface area contributed by atoms with Crippen LogP contribution in [0.1, 0.15) is 11.1 Å². The molecule has 0 spiro atoms. The van der Waals surface area contributed by atoms with Gasteiger partial charge >= 0.3 is 0 Å². The number of morpholine rings is 1. The van der Waals surface area contributed by atoms with Crippen molar-refractivity contribution in [1.29, 1.82) is 0 Å². The first kappa shape index (κ1) is 24.1. The zero-order chi connectivity index (χ0) is 20.5. The molecule has 0 bridgehead atoms. The van der Waals surface area contributed by atoms with E-state index in [1.165, 1.54) is 11.3 Å². The van der Waals surface area contributed by atoms with Gasteiger partial charge in [0, 0.05) is 50.5 Å². The second-order valence-corrected chi connectivity index (χ2v) is 6.72. The number of methoxy groups -OCH3 is 2. The lowest BCUT2D eigenvalue weighted by molar-refractivity contribution is 0.122. The van der Waals surface area contributed by atoms with Crippen LogP contribution < -0.4 is 25.0 Å². The Bertz CT molecular complexity index is 809. The van der Waals surface area contributed by atoms with Gasteiger partial charge in [-0.05, 0) is 29.8 Å². The molecule has 1 aliphatic heterocycles. The highest BCUT2D eigenvalue weighted by Crippen LogP contribution is 2.24. The summed E-state index contributed by atoms with van der Waals surface area (Å²) in [6.45, 7) is 4.78. The van der Waals surface area contributed by atoms with Crippen molar-refractivity contribution < 1.29 is 14.2 Å². The Morgan fingerprint density at radius 2 is 1.70 bits per heavy atom. The van der Waals surface area contributed by atoms with Crippen molar-refractivity contribution in [2.45, 2.75) is 13.1 Å². The molecule has 7 nitrogen and oxygen atoms in total. The number of anilines is 1. The van der Waals surface area contributed by atoms with E-state index in [1.54, 1.807) is 21.3 Å². The molecule has 8 heteroatoms. The van der Waals surface area contributed by atoms with Crippen LogP contribution in [0.3, 0.4) is 0 Å². The number of halogens is 1. The van der Waals surface area contributed by atoms with Gasteiger partial charge in [0.1, 0.15) is 11.5 Å². The Balaban J connectivity index is 0.00000320. The fourth-order valence-corrected chi connectivity index (χ4v) is 3.23. The topological polar surface area (TPSA) is 67.4 Å². The Morgan fingerprint density at radius 3 is 2.33 bits per heavy atom. The number of ether oxygens (including phenoxy) is 3. The lowest BCUT2D eigenvalue weighted by atomic mass is 10.2. The Kier molecular flexibility index (Phi) is 10.0. The highest BCUT2D eigenvalue weighted by Gasteiger charge is 2.11. The molecule has 3 rings (SSSR count). The van der Waals surface area contributed by atoms with Gasteiger partial charge in [-0.15, -0.1) is 24.0 Å². The summed E-state index contributed by atoms with van der Waals surface area (Å²) in [7, 11) is 5.07. The summed E-state index contributed by atoms with van der Waals surface area (Å²) in [6.07, 6.45) is 0. The molecule has 0 aromatic heterocycles. The van der Waals surface area contributed by atoms with Crippen molar-refractivity contribution in [3.8, 4) is 11.5 Å². The van der Waals surface area contributed by atoms with E-state index in [9.17, 15) is 0 Å². The van der Waals surface area contributed by atoms with Crippen molar-refractivity contribution in [3.05, 3.63) is 53.6 Å². The number of aliphatic imine (C=N–C) groups is 1. The van der Waals surface area contributed by atoms with E-state index in [1.807, 2.05) is 18.2 Å². The molecule has 30 heavy (non-hydrogen) atoms. The van der Waals surface area contributed by atoms with Crippen LogP contribution >= 0.6 is 24.0 Å². The fraction of sp³-hybridized carbons (Fsp3) is 0.409. The fourth-order valence-electron chi connectivity index (χ4n) is 3.23. The minimum Gasteiger partial charge on any atom is -0.497 e. The van der Waals surface area contributed by atoms with Crippen LogP contribution in [-0.2, 0) is 17.8 Å². The standard InChI is InChI=1S/C22H30N4O3.HI/c1-23-22(25-16-18-6-9-20(27-2)14-21(18)28-3)24-15-17-4-7-19(8-5-17)26-10-12-29-13-11-26;/h4-9,14H,10-13,15-16H2,1-3H3,(H2,23,24,25);1H. The van der Waals surface area contributed by atoms with Gasteiger partial charge in [0.15, 0.2) is 5.96 Å². The maximum Gasteiger partial charge on any atom is 0.191 e. The maximum absolute atomic E-state index is 5.45. The lowest BCUT2D eigenvalue weighted by Gasteiger charge is -2.28. The predicted molar refractivity (Wildman–Crippen MR) is 131 cm³/mol. The van der Waals surface area contributed by atoms with Gasteiger partial charge in [0.25, 0.3) is 0 Å². The molecule has 1 heterocycles. The third-order valence-electron chi connectivity index (χ3n) is 4.94. The Morgan fingerprint density at radius 1 is 1.00 bits per heavy atom. The maximum atomic E-state index is 5.45. The summed E-state index contributed by atoms with van der Waals surface area (Å²) in [5, 5.41) is 6.68. The van der Waals surface area contributed by atoms with Crippen molar-refractivity contribution in [2.75, 3.05) is 52.5 Å². The highest BCUT2D eigenvalue weighted by molar-refractivity contribution is 14.0. The van der Waals surface area contributed by atoms with Gasteiger partial charge in [-0.1, -0.05) is 12.1 Å². The van der Waals surface area contributed by atoms with Gasteiger partial charge in [0.2, 0.25) is 0 Å².